The monoisotopic (exact) mass is 468 g/mol. The Hall–Kier alpha value is -1.97. The van der Waals surface area contributed by atoms with Gasteiger partial charge in [-0.1, -0.05) is 30.3 Å². The molecule has 0 saturated carbocycles. The highest BCUT2D eigenvalue weighted by Crippen LogP contribution is 2.39. The van der Waals surface area contributed by atoms with E-state index in [0.29, 0.717) is 37.0 Å². The molecular weight excluding hydrogens is 448 g/mol. The summed E-state index contributed by atoms with van der Waals surface area (Å²) in [6.07, 6.45) is 1.33. The van der Waals surface area contributed by atoms with E-state index in [1.54, 1.807) is 4.90 Å². The maximum absolute atomic E-state index is 12.5. The van der Waals surface area contributed by atoms with Crippen LogP contribution >= 0.6 is 27.3 Å². The van der Waals surface area contributed by atoms with E-state index in [1.807, 2.05) is 35.7 Å². The number of aromatic nitrogens is 1. The van der Waals surface area contributed by atoms with E-state index in [9.17, 15) is 9.59 Å². The molecule has 0 bridgehead atoms. The largest absolute Gasteiger partial charge is 0.480 e. The van der Waals surface area contributed by atoms with Crippen LogP contribution in [-0.4, -0.2) is 46.7 Å². The fraction of sp³-hybridized carbons (Fsp3) is 0.421. The number of carbonyl (C=O) groups is 2. The minimum absolute atomic E-state index is 0.219. The third-order valence-electron chi connectivity index (χ3n) is 4.60. The zero-order valence-corrected chi connectivity index (χ0v) is 17.6. The number of amides is 1. The summed E-state index contributed by atoms with van der Waals surface area (Å²) in [7, 11) is 0. The molecule has 28 heavy (non-hydrogen) atoms. The van der Waals surface area contributed by atoms with Crippen LogP contribution in [0.1, 0.15) is 29.8 Å². The van der Waals surface area contributed by atoms with Crippen molar-refractivity contribution in [1.29, 1.82) is 0 Å². The molecule has 3 rings (SSSR count). The van der Waals surface area contributed by atoms with E-state index in [2.05, 4.69) is 20.9 Å². The van der Waals surface area contributed by atoms with Crippen molar-refractivity contribution in [2.24, 2.45) is 0 Å². The molecule has 0 spiro atoms. The minimum Gasteiger partial charge on any atom is -0.480 e. The Bertz CT molecular complexity index is 816. The van der Waals surface area contributed by atoms with Gasteiger partial charge in [0.1, 0.15) is 28.4 Å². The Balaban J connectivity index is 1.66. The van der Waals surface area contributed by atoms with Gasteiger partial charge in [-0.15, -0.1) is 11.3 Å². The topological polar surface area (TPSA) is 89.0 Å². The van der Waals surface area contributed by atoms with Gasteiger partial charge < -0.3 is 19.5 Å². The molecule has 1 unspecified atom stereocenters. The van der Waals surface area contributed by atoms with Gasteiger partial charge in [0, 0.05) is 24.9 Å². The van der Waals surface area contributed by atoms with Gasteiger partial charge in [0.2, 0.25) is 0 Å². The number of halogens is 1. The standard InChI is InChI=1S/C19H21BrN2O5S/c20-15-13-28-17(21-15)19(27-12-16(23)24)7-4-9-22(10-8-19)18(25)26-11-14-5-2-1-3-6-14/h1-3,5-6,13H,4,7-12H2,(H,23,24). The van der Waals surface area contributed by atoms with E-state index >= 15 is 0 Å². The first kappa shape index (κ1) is 20.8. The number of carbonyl (C=O) groups excluding carboxylic acids is 1. The van der Waals surface area contributed by atoms with Crippen molar-refractivity contribution in [1.82, 2.24) is 9.88 Å². The fourth-order valence-corrected chi connectivity index (χ4v) is 4.65. The lowest BCUT2D eigenvalue weighted by molar-refractivity contribution is -0.151. The molecule has 150 valence electrons. The van der Waals surface area contributed by atoms with Crippen molar-refractivity contribution < 1.29 is 24.2 Å². The van der Waals surface area contributed by atoms with Crippen LogP contribution in [0.2, 0.25) is 0 Å². The molecule has 1 atom stereocenters. The summed E-state index contributed by atoms with van der Waals surface area (Å²) in [4.78, 5) is 29.7. The second kappa shape index (κ2) is 9.49. The van der Waals surface area contributed by atoms with Crippen LogP contribution in [0.3, 0.4) is 0 Å². The maximum atomic E-state index is 12.5. The van der Waals surface area contributed by atoms with Crippen LogP contribution in [-0.2, 0) is 26.5 Å². The Morgan fingerprint density at radius 2 is 2.04 bits per heavy atom. The van der Waals surface area contributed by atoms with E-state index in [-0.39, 0.29) is 12.7 Å². The van der Waals surface area contributed by atoms with Crippen molar-refractivity contribution in [2.45, 2.75) is 31.5 Å². The highest BCUT2D eigenvalue weighted by Gasteiger charge is 2.39. The number of carboxylic acid groups (broad SMARTS) is 1. The average Bonchev–Trinajstić information content (AvgIpc) is 3.01. The van der Waals surface area contributed by atoms with Gasteiger partial charge in [-0.3, -0.25) is 0 Å². The van der Waals surface area contributed by atoms with Gasteiger partial charge in [-0.2, -0.15) is 0 Å². The van der Waals surface area contributed by atoms with Gasteiger partial charge in [0.15, 0.2) is 0 Å². The highest BCUT2D eigenvalue weighted by molar-refractivity contribution is 9.10. The van der Waals surface area contributed by atoms with Crippen molar-refractivity contribution in [3.05, 3.63) is 50.9 Å². The molecule has 7 nitrogen and oxygen atoms in total. The number of nitrogens with zero attached hydrogens (tertiary/aromatic N) is 2. The smallest absolute Gasteiger partial charge is 0.410 e. The van der Waals surface area contributed by atoms with Crippen LogP contribution in [0.4, 0.5) is 4.79 Å². The molecule has 1 N–H and O–H groups in total. The van der Waals surface area contributed by atoms with E-state index < -0.39 is 18.2 Å². The third kappa shape index (κ3) is 5.30. The fourth-order valence-electron chi connectivity index (χ4n) is 3.18. The highest BCUT2D eigenvalue weighted by atomic mass is 79.9. The normalized spacial score (nSPS) is 19.8. The number of hydrogen-bond acceptors (Lipinski definition) is 6. The molecule has 2 aromatic rings. The molecule has 1 saturated heterocycles. The van der Waals surface area contributed by atoms with E-state index in [0.717, 1.165) is 10.6 Å². The van der Waals surface area contributed by atoms with Gasteiger partial charge >= 0.3 is 12.1 Å². The number of likely N-dealkylation sites (tertiary alicyclic amines) is 1. The molecule has 1 amide bonds. The molecule has 1 aliphatic heterocycles. The summed E-state index contributed by atoms with van der Waals surface area (Å²) in [5.41, 5.74) is 0.112. The molecule has 0 radical (unpaired) electrons. The third-order valence-corrected chi connectivity index (χ3v) is 6.33. The SMILES string of the molecule is O=C(O)COC1(c2nc(Br)cs2)CCCN(C(=O)OCc2ccccc2)CC1. The maximum Gasteiger partial charge on any atom is 0.410 e. The predicted octanol–water partition coefficient (Wildman–Crippen LogP) is 4.02. The summed E-state index contributed by atoms with van der Waals surface area (Å²) >= 11 is 4.77. The summed E-state index contributed by atoms with van der Waals surface area (Å²) in [5.74, 6) is -1.03. The quantitative estimate of drug-likeness (QED) is 0.688. The number of benzene rings is 1. The summed E-state index contributed by atoms with van der Waals surface area (Å²) in [6.45, 7) is 0.745. The van der Waals surface area contributed by atoms with Crippen LogP contribution < -0.4 is 0 Å². The molecular formula is C19H21BrN2O5S. The van der Waals surface area contributed by atoms with Crippen molar-refractivity contribution in [3.63, 3.8) is 0 Å². The molecule has 2 heterocycles. The molecule has 1 aliphatic rings. The average molecular weight is 469 g/mol. The Morgan fingerprint density at radius 1 is 1.25 bits per heavy atom. The van der Waals surface area contributed by atoms with E-state index in [1.165, 1.54) is 11.3 Å². The van der Waals surface area contributed by atoms with Crippen LogP contribution in [0.5, 0.6) is 0 Å². The summed E-state index contributed by atoms with van der Waals surface area (Å²) in [5, 5.41) is 11.6. The number of hydrogen-bond donors (Lipinski definition) is 1. The van der Waals surface area contributed by atoms with E-state index in [4.69, 9.17) is 14.6 Å². The number of carboxylic acids is 1. The predicted molar refractivity (Wildman–Crippen MR) is 107 cm³/mol. The number of thiazole rings is 1. The first-order valence-electron chi connectivity index (χ1n) is 8.91. The van der Waals surface area contributed by atoms with Gasteiger partial charge in [0.25, 0.3) is 0 Å². The second-order valence-corrected chi connectivity index (χ2v) is 8.20. The Kier molecular flexibility index (Phi) is 7.03. The van der Waals surface area contributed by atoms with Crippen molar-refractivity contribution in [2.75, 3.05) is 19.7 Å². The van der Waals surface area contributed by atoms with Crippen LogP contribution in [0, 0.1) is 0 Å². The van der Waals surface area contributed by atoms with Gasteiger partial charge in [0.05, 0.1) is 0 Å². The summed E-state index contributed by atoms with van der Waals surface area (Å²) in [6, 6.07) is 9.51. The van der Waals surface area contributed by atoms with Gasteiger partial charge in [-0.25, -0.2) is 14.6 Å². The Morgan fingerprint density at radius 3 is 2.71 bits per heavy atom. The molecule has 1 aromatic carbocycles. The second-order valence-electron chi connectivity index (χ2n) is 6.53. The van der Waals surface area contributed by atoms with Crippen LogP contribution in [0.25, 0.3) is 0 Å². The molecule has 0 aliphatic carbocycles. The van der Waals surface area contributed by atoms with Gasteiger partial charge in [-0.05, 0) is 34.3 Å². The number of aliphatic carboxylic acids is 1. The lowest BCUT2D eigenvalue weighted by atomic mass is 9.95. The Labute approximate surface area is 175 Å². The van der Waals surface area contributed by atoms with Crippen LogP contribution in [0.15, 0.2) is 40.3 Å². The molecule has 1 fully saturated rings. The molecule has 1 aromatic heterocycles. The zero-order valence-electron chi connectivity index (χ0n) is 15.2. The first-order valence-corrected chi connectivity index (χ1v) is 10.6. The minimum atomic E-state index is -1.03. The zero-order chi connectivity index (χ0) is 20.0. The first-order chi connectivity index (χ1) is 13.5. The molecule has 9 heteroatoms. The lowest BCUT2D eigenvalue weighted by Gasteiger charge is -2.30. The number of ether oxygens (including phenoxy) is 2. The van der Waals surface area contributed by atoms with Crippen molar-refractivity contribution >= 4 is 39.3 Å². The van der Waals surface area contributed by atoms with Crippen molar-refractivity contribution in [3.8, 4) is 0 Å². The summed E-state index contributed by atoms with van der Waals surface area (Å²) < 4.78 is 11.9. The number of rotatable bonds is 6. The lowest BCUT2D eigenvalue weighted by Crippen LogP contribution is -2.36.